The number of amides is 1. The number of methoxy groups -OCH3 is 1. The summed E-state index contributed by atoms with van der Waals surface area (Å²) in [5, 5.41) is 3.16. The van der Waals surface area contributed by atoms with Gasteiger partial charge in [0.05, 0.1) is 7.11 Å². The number of ether oxygens (including phenoxy) is 2. The smallest absolute Gasteiger partial charge is 0.251 e. The van der Waals surface area contributed by atoms with Crippen LogP contribution in [0.25, 0.3) is 0 Å². The highest BCUT2D eigenvalue weighted by Gasteiger charge is 2.35. The van der Waals surface area contributed by atoms with Crippen LogP contribution >= 0.6 is 0 Å². The molecule has 4 heteroatoms. The molecule has 0 saturated carbocycles. The van der Waals surface area contributed by atoms with E-state index in [9.17, 15) is 4.79 Å². The molecule has 0 spiro atoms. The molecule has 1 aliphatic heterocycles. The molecule has 0 aromatic heterocycles. The molecular formula is C22H27NO3. The van der Waals surface area contributed by atoms with Crippen molar-refractivity contribution >= 4 is 5.91 Å². The summed E-state index contributed by atoms with van der Waals surface area (Å²) >= 11 is 0. The van der Waals surface area contributed by atoms with Crippen molar-refractivity contribution in [2.75, 3.05) is 26.9 Å². The number of hydrogen-bond donors (Lipinski definition) is 1. The molecule has 0 aliphatic carbocycles. The summed E-state index contributed by atoms with van der Waals surface area (Å²) in [5.41, 5.74) is 4.17. The molecule has 1 fully saturated rings. The van der Waals surface area contributed by atoms with Crippen molar-refractivity contribution < 1.29 is 14.3 Å². The molecule has 26 heavy (non-hydrogen) atoms. The van der Waals surface area contributed by atoms with Gasteiger partial charge in [0, 0.05) is 30.7 Å². The lowest BCUT2D eigenvalue weighted by Gasteiger charge is -2.38. The fraction of sp³-hybridized carbons (Fsp3) is 0.409. The molecule has 4 nitrogen and oxygen atoms in total. The quantitative estimate of drug-likeness (QED) is 0.890. The lowest BCUT2D eigenvalue weighted by Crippen LogP contribution is -2.44. The summed E-state index contributed by atoms with van der Waals surface area (Å²) in [6.07, 6.45) is 1.79. The predicted molar refractivity (Wildman–Crippen MR) is 103 cm³/mol. The molecule has 2 aromatic rings. The van der Waals surface area contributed by atoms with E-state index in [4.69, 9.17) is 9.47 Å². The first kappa shape index (κ1) is 18.5. The van der Waals surface area contributed by atoms with Crippen LogP contribution in [-0.4, -0.2) is 32.8 Å². The van der Waals surface area contributed by atoms with Crippen molar-refractivity contribution in [2.24, 2.45) is 0 Å². The monoisotopic (exact) mass is 353 g/mol. The summed E-state index contributed by atoms with van der Waals surface area (Å²) in [5.74, 6) is 0.822. The normalized spacial score (nSPS) is 16.1. The molecule has 0 radical (unpaired) electrons. The van der Waals surface area contributed by atoms with E-state index < -0.39 is 0 Å². The lowest BCUT2D eigenvalue weighted by atomic mass is 9.74. The number of hydrogen-bond acceptors (Lipinski definition) is 3. The zero-order valence-electron chi connectivity index (χ0n) is 15.8. The van der Waals surface area contributed by atoms with Gasteiger partial charge in [0.15, 0.2) is 0 Å². The largest absolute Gasteiger partial charge is 0.497 e. The Labute approximate surface area is 155 Å². The minimum absolute atomic E-state index is 0.0209. The molecule has 3 rings (SSSR count). The minimum Gasteiger partial charge on any atom is -0.497 e. The van der Waals surface area contributed by atoms with E-state index in [1.165, 1.54) is 11.1 Å². The molecular weight excluding hydrogens is 326 g/mol. The van der Waals surface area contributed by atoms with Gasteiger partial charge in [0.25, 0.3) is 5.91 Å². The fourth-order valence-corrected chi connectivity index (χ4v) is 3.51. The molecule has 1 N–H and O–H groups in total. The maximum Gasteiger partial charge on any atom is 0.251 e. The Bertz CT molecular complexity index is 761. The Morgan fingerprint density at radius 1 is 1.08 bits per heavy atom. The number of nitrogens with one attached hydrogen (secondary N) is 1. The van der Waals surface area contributed by atoms with Gasteiger partial charge in [-0.2, -0.15) is 0 Å². The second-order valence-corrected chi connectivity index (χ2v) is 7.10. The molecule has 1 saturated heterocycles. The summed E-state index contributed by atoms with van der Waals surface area (Å²) < 4.78 is 10.8. The van der Waals surface area contributed by atoms with Crippen LogP contribution in [0.4, 0.5) is 0 Å². The van der Waals surface area contributed by atoms with Gasteiger partial charge in [-0.05, 0) is 67.6 Å². The molecule has 138 valence electrons. The van der Waals surface area contributed by atoms with Crippen LogP contribution < -0.4 is 10.1 Å². The van der Waals surface area contributed by atoms with Crippen LogP contribution in [0, 0.1) is 13.8 Å². The van der Waals surface area contributed by atoms with Crippen LogP contribution in [0.3, 0.4) is 0 Å². The first-order valence-corrected chi connectivity index (χ1v) is 9.12. The van der Waals surface area contributed by atoms with Crippen LogP contribution in [-0.2, 0) is 10.2 Å². The highest BCUT2D eigenvalue weighted by molar-refractivity contribution is 5.94. The van der Waals surface area contributed by atoms with E-state index in [1.54, 1.807) is 7.11 Å². The molecule has 2 aromatic carbocycles. The van der Waals surface area contributed by atoms with E-state index in [1.807, 2.05) is 37.3 Å². The Balaban J connectivity index is 1.77. The van der Waals surface area contributed by atoms with Crippen molar-refractivity contribution in [1.82, 2.24) is 5.32 Å². The molecule has 1 heterocycles. The zero-order valence-corrected chi connectivity index (χ0v) is 15.8. The van der Waals surface area contributed by atoms with E-state index in [0.717, 1.165) is 24.2 Å². The maximum absolute atomic E-state index is 12.7. The van der Waals surface area contributed by atoms with Gasteiger partial charge in [0.2, 0.25) is 0 Å². The van der Waals surface area contributed by atoms with E-state index in [-0.39, 0.29) is 11.3 Å². The molecule has 1 aliphatic rings. The second kappa shape index (κ2) is 7.92. The third kappa shape index (κ3) is 3.91. The Morgan fingerprint density at radius 2 is 1.77 bits per heavy atom. The van der Waals surface area contributed by atoms with Crippen LogP contribution in [0.2, 0.25) is 0 Å². The summed E-state index contributed by atoms with van der Waals surface area (Å²) in [6, 6.07) is 14.0. The van der Waals surface area contributed by atoms with Gasteiger partial charge < -0.3 is 14.8 Å². The third-order valence-corrected chi connectivity index (χ3v) is 5.51. The Kier molecular flexibility index (Phi) is 5.62. The SMILES string of the molecule is COc1ccc(C2(CNC(=O)c3ccc(C)c(C)c3)CCOCC2)cc1. The minimum atomic E-state index is -0.0973. The van der Waals surface area contributed by atoms with E-state index >= 15 is 0 Å². The van der Waals surface area contributed by atoms with E-state index in [0.29, 0.717) is 25.3 Å². The molecule has 0 unspecified atom stereocenters. The van der Waals surface area contributed by atoms with Crippen molar-refractivity contribution in [3.63, 3.8) is 0 Å². The van der Waals surface area contributed by atoms with Gasteiger partial charge >= 0.3 is 0 Å². The Hall–Kier alpha value is -2.33. The third-order valence-electron chi connectivity index (χ3n) is 5.51. The molecule has 0 bridgehead atoms. The second-order valence-electron chi connectivity index (χ2n) is 7.10. The average molecular weight is 353 g/mol. The van der Waals surface area contributed by atoms with E-state index in [2.05, 4.69) is 24.4 Å². The van der Waals surface area contributed by atoms with Gasteiger partial charge in [-0.1, -0.05) is 18.2 Å². The first-order valence-electron chi connectivity index (χ1n) is 9.12. The average Bonchev–Trinajstić information content (AvgIpc) is 2.69. The molecule has 1 amide bonds. The summed E-state index contributed by atoms with van der Waals surface area (Å²) in [4.78, 5) is 12.7. The van der Waals surface area contributed by atoms with Gasteiger partial charge in [0.1, 0.15) is 5.75 Å². The predicted octanol–water partition coefficient (Wildman–Crippen LogP) is 3.79. The van der Waals surface area contributed by atoms with Gasteiger partial charge in [-0.25, -0.2) is 0 Å². The summed E-state index contributed by atoms with van der Waals surface area (Å²) in [7, 11) is 1.67. The standard InChI is InChI=1S/C22H27NO3/c1-16-4-5-18(14-17(16)2)21(24)23-15-22(10-12-26-13-11-22)19-6-8-20(25-3)9-7-19/h4-9,14H,10-13,15H2,1-3H3,(H,23,24). The fourth-order valence-electron chi connectivity index (χ4n) is 3.51. The lowest BCUT2D eigenvalue weighted by molar-refractivity contribution is 0.0487. The summed E-state index contributed by atoms with van der Waals surface area (Å²) in [6.45, 7) is 6.12. The first-order chi connectivity index (χ1) is 12.5. The number of aryl methyl sites for hydroxylation is 2. The highest BCUT2D eigenvalue weighted by Crippen LogP contribution is 2.35. The van der Waals surface area contributed by atoms with Crippen molar-refractivity contribution in [1.29, 1.82) is 0 Å². The number of benzene rings is 2. The van der Waals surface area contributed by atoms with Crippen molar-refractivity contribution in [3.8, 4) is 5.75 Å². The van der Waals surface area contributed by atoms with Gasteiger partial charge in [-0.3, -0.25) is 4.79 Å². The number of carbonyl (C=O) groups is 1. The Morgan fingerprint density at radius 3 is 2.38 bits per heavy atom. The topological polar surface area (TPSA) is 47.6 Å². The maximum atomic E-state index is 12.7. The van der Waals surface area contributed by atoms with Crippen LogP contribution in [0.5, 0.6) is 5.75 Å². The highest BCUT2D eigenvalue weighted by atomic mass is 16.5. The molecule has 0 atom stereocenters. The van der Waals surface area contributed by atoms with Crippen LogP contribution in [0.15, 0.2) is 42.5 Å². The number of carbonyl (C=O) groups excluding carboxylic acids is 1. The van der Waals surface area contributed by atoms with Crippen molar-refractivity contribution in [2.45, 2.75) is 32.1 Å². The van der Waals surface area contributed by atoms with Gasteiger partial charge in [-0.15, -0.1) is 0 Å². The van der Waals surface area contributed by atoms with Crippen molar-refractivity contribution in [3.05, 3.63) is 64.7 Å². The zero-order chi connectivity index (χ0) is 18.6. The number of rotatable bonds is 5. The van der Waals surface area contributed by atoms with Crippen LogP contribution in [0.1, 0.15) is 39.9 Å².